The van der Waals surface area contributed by atoms with E-state index in [1.165, 1.54) is 5.01 Å². The third-order valence-corrected chi connectivity index (χ3v) is 2.44. The highest BCUT2D eigenvalue weighted by atomic mass is 16.4. The number of benzene rings is 1. The first-order valence-electron chi connectivity index (χ1n) is 5.33. The summed E-state index contributed by atoms with van der Waals surface area (Å²) >= 11 is 0. The highest BCUT2D eigenvalue weighted by molar-refractivity contribution is 5.92. The second-order valence-electron chi connectivity index (χ2n) is 3.75. The molecule has 2 N–H and O–H groups in total. The van der Waals surface area contributed by atoms with E-state index >= 15 is 0 Å². The molecule has 0 atom stereocenters. The van der Waals surface area contributed by atoms with E-state index in [-0.39, 0.29) is 5.56 Å². The Morgan fingerprint density at radius 2 is 1.94 bits per heavy atom. The Hall–Kier alpha value is -1.88. The number of nitrogens with one attached hydrogen (secondary N) is 1. The standard InChI is InChI=1S/C12H16N2O3/c1-4-13-14(7-15)10-5-8(2)11(12(16)17)9(3)6-10/h5-7,13H,4H2,1-3H3,(H,16,17). The third-order valence-electron chi connectivity index (χ3n) is 2.44. The van der Waals surface area contributed by atoms with Gasteiger partial charge in [-0.3, -0.25) is 4.79 Å². The van der Waals surface area contributed by atoms with E-state index in [0.29, 0.717) is 29.8 Å². The molecule has 0 bridgehead atoms. The lowest BCUT2D eigenvalue weighted by Crippen LogP contribution is -2.36. The molecule has 5 heteroatoms. The van der Waals surface area contributed by atoms with Crippen molar-refractivity contribution in [3.05, 3.63) is 28.8 Å². The van der Waals surface area contributed by atoms with Crippen LogP contribution in [0, 0.1) is 13.8 Å². The van der Waals surface area contributed by atoms with Crippen LogP contribution in [0.4, 0.5) is 5.69 Å². The number of rotatable bonds is 5. The number of nitrogens with zero attached hydrogens (tertiary/aromatic N) is 1. The van der Waals surface area contributed by atoms with Crippen LogP contribution in [0.15, 0.2) is 12.1 Å². The van der Waals surface area contributed by atoms with Gasteiger partial charge >= 0.3 is 5.97 Å². The van der Waals surface area contributed by atoms with Gasteiger partial charge in [0.2, 0.25) is 6.41 Å². The first kappa shape index (κ1) is 13.2. The molecule has 0 radical (unpaired) electrons. The Morgan fingerprint density at radius 1 is 1.41 bits per heavy atom. The molecule has 0 saturated carbocycles. The van der Waals surface area contributed by atoms with Crippen LogP contribution in [0.5, 0.6) is 0 Å². The van der Waals surface area contributed by atoms with Crippen molar-refractivity contribution < 1.29 is 14.7 Å². The first-order valence-corrected chi connectivity index (χ1v) is 5.33. The summed E-state index contributed by atoms with van der Waals surface area (Å²) in [6, 6.07) is 3.35. The van der Waals surface area contributed by atoms with Gasteiger partial charge in [-0.2, -0.15) is 0 Å². The van der Waals surface area contributed by atoms with Crippen LogP contribution in [0.1, 0.15) is 28.4 Å². The molecule has 0 heterocycles. The lowest BCUT2D eigenvalue weighted by molar-refractivity contribution is -0.108. The zero-order valence-corrected chi connectivity index (χ0v) is 10.2. The Morgan fingerprint density at radius 3 is 2.29 bits per heavy atom. The number of anilines is 1. The number of carboxylic acids is 1. The number of amides is 1. The van der Waals surface area contributed by atoms with E-state index in [1.54, 1.807) is 26.0 Å². The molecule has 0 saturated heterocycles. The summed E-state index contributed by atoms with van der Waals surface area (Å²) in [6.07, 6.45) is 0.665. The van der Waals surface area contributed by atoms with Gasteiger partial charge in [0, 0.05) is 6.54 Å². The van der Waals surface area contributed by atoms with Crippen molar-refractivity contribution in [3.63, 3.8) is 0 Å². The minimum absolute atomic E-state index is 0.288. The van der Waals surface area contributed by atoms with E-state index in [2.05, 4.69) is 5.43 Å². The van der Waals surface area contributed by atoms with E-state index in [4.69, 9.17) is 5.11 Å². The Kier molecular flexibility index (Phi) is 4.23. The molecule has 0 aliphatic rings. The van der Waals surface area contributed by atoms with Crippen LogP contribution in [0.3, 0.4) is 0 Å². The summed E-state index contributed by atoms with van der Waals surface area (Å²) in [7, 11) is 0. The fraction of sp³-hybridized carbons (Fsp3) is 0.333. The number of aromatic carboxylic acids is 1. The maximum Gasteiger partial charge on any atom is 0.336 e. The number of carbonyl (C=O) groups is 2. The van der Waals surface area contributed by atoms with Crippen LogP contribution in [-0.4, -0.2) is 24.0 Å². The minimum atomic E-state index is -0.951. The minimum Gasteiger partial charge on any atom is -0.478 e. The van der Waals surface area contributed by atoms with Crippen LogP contribution in [0.2, 0.25) is 0 Å². The van der Waals surface area contributed by atoms with Crippen LogP contribution < -0.4 is 10.4 Å². The molecule has 1 aromatic rings. The van der Waals surface area contributed by atoms with Crippen molar-refractivity contribution in [2.24, 2.45) is 0 Å². The molecule has 92 valence electrons. The number of aryl methyl sites for hydroxylation is 2. The number of carbonyl (C=O) groups excluding carboxylic acids is 1. The molecule has 0 spiro atoms. The zero-order chi connectivity index (χ0) is 13.0. The van der Waals surface area contributed by atoms with Crippen molar-refractivity contribution >= 4 is 18.1 Å². The zero-order valence-electron chi connectivity index (χ0n) is 10.2. The highest BCUT2D eigenvalue weighted by Gasteiger charge is 2.14. The first-order chi connectivity index (χ1) is 8.01. The predicted molar refractivity (Wildman–Crippen MR) is 65.1 cm³/mol. The molecule has 5 nitrogen and oxygen atoms in total. The van der Waals surface area contributed by atoms with Gasteiger partial charge in [-0.15, -0.1) is 0 Å². The van der Waals surface area contributed by atoms with Gasteiger partial charge in [0.05, 0.1) is 11.3 Å². The van der Waals surface area contributed by atoms with E-state index in [1.807, 2.05) is 6.92 Å². The SMILES string of the molecule is CCNN(C=O)c1cc(C)c(C(=O)O)c(C)c1. The van der Waals surface area contributed by atoms with Crippen molar-refractivity contribution in [2.45, 2.75) is 20.8 Å². The fourth-order valence-corrected chi connectivity index (χ4v) is 1.78. The van der Waals surface area contributed by atoms with Gasteiger partial charge in [-0.1, -0.05) is 6.92 Å². The molecule has 1 amide bonds. The van der Waals surface area contributed by atoms with Crippen LogP contribution in [0.25, 0.3) is 0 Å². The molecule has 0 aliphatic carbocycles. The number of hydrogen-bond donors (Lipinski definition) is 2. The Labute approximate surface area is 100 Å². The summed E-state index contributed by atoms with van der Waals surface area (Å²) in [4.78, 5) is 21.9. The van der Waals surface area contributed by atoms with Gasteiger partial charge in [-0.05, 0) is 37.1 Å². The molecule has 17 heavy (non-hydrogen) atoms. The highest BCUT2D eigenvalue weighted by Crippen LogP contribution is 2.21. The van der Waals surface area contributed by atoms with Gasteiger partial charge in [-0.25, -0.2) is 15.2 Å². The maximum atomic E-state index is 11.0. The van der Waals surface area contributed by atoms with Crippen molar-refractivity contribution in [1.29, 1.82) is 0 Å². The second kappa shape index (κ2) is 5.45. The second-order valence-corrected chi connectivity index (χ2v) is 3.75. The van der Waals surface area contributed by atoms with E-state index in [0.717, 1.165) is 0 Å². The largest absolute Gasteiger partial charge is 0.478 e. The van der Waals surface area contributed by atoms with Gasteiger partial charge in [0.1, 0.15) is 0 Å². The number of hydrogen-bond acceptors (Lipinski definition) is 3. The molecule has 1 rings (SSSR count). The normalized spacial score (nSPS) is 10.1. The Bertz CT molecular complexity index is 420. The third kappa shape index (κ3) is 2.82. The average molecular weight is 236 g/mol. The predicted octanol–water partition coefficient (Wildman–Crippen LogP) is 1.49. The van der Waals surface area contributed by atoms with Crippen molar-refractivity contribution in [3.8, 4) is 0 Å². The molecule has 0 aliphatic heterocycles. The lowest BCUT2D eigenvalue weighted by Gasteiger charge is -2.19. The summed E-state index contributed by atoms with van der Waals surface area (Å²) in [5.41, 5.74) is 5.07. The Balaban J connectivity index is 3.21. The van der Waals surface area contributed by atoms with Gasteiger partial charge in [0.25, 0.3) is 0 Å². The number of hydrazine groups is 1. The van der Waals surface area contributed by atoms with Crippen LogP contribution in [-0.2, 0) is 4.79 Å². The topological polar surface area (TPSA) is 69.6 Å². The quantitative estimate of drug-likeness (QED) is 0.600. The monoisotopic (exact) mass is 236 g/mol. The van der Waals surface area contributed by atoms with Crippen molar-refractivity contribution in [2.75, 3.05) is 11.6 Å². The molecular weight excluding hydrogens is 220 g/mol. The van der Waals surface area contributed by atoms with E-state index < -0.39 is 5.97 Å². The molecule has 1 aromatic carbocycles. The smallest absolute Gasteiger partial charge is 0.336 e. The van der Waals surface area contributed by atoms with Crippen LogP contribution >= 0.6 is 0 Å². The van der Waals surface area contributed by atoms with E-state index in [9.17, 15) is 9.59 Å². The summed E-state index contributed by atoms with van der Waals surface area (Å²) < 4.78 is 0. The fourth-order valence-electron chi connectivity index (χ4n) is 1.78. The molecule has 0 fully saturated rings. The molecule has 0 unspecified atom stereocenters. The maximum absolute atomic E-state index is 11.0. The lowest BCUT2D eigenvalue weighted by atomic mass is 10.0. The number of carboxylic acid groups (broad SMARTS) is 1. The molecular formula is C12H16N2O3. The molecule has 0 aromatic heterocycles. The van der Waals surface area contributed by atoms with Gasteiger partial charge in [0.15, 0.2) is 0 Å². The summed E-state index contributed by atoms with van der Waals surface area (Å²) in [5, 5.41) is 10.4. The summed E-state index contributed by atoms with van der Waals surface area (Å²) in [5.74, 6) is -0.951. The van der Waals surface area contributed by atoms with Crippen molar-refractivity contribution in [1.82, 2.24) is 5.43 Å². The van der Waals surface area contributed by atoms with Gasteiger partial charge < -0.3 is 5.11 Å². The summed E-state index contributed by atoms with van der Waals surface area (Å²) in [6.45, 7) is 5.92. The average Bonchev–Trinajstić information content (AvgIpc) is 2.24.